The number of rotatable bonds is 6. The highest BCUT2D eigenvalue weighted by Crippen LogP contribution is 2.17. The normalized spacial score (nSPS) is 22.3. The molecule has 2 rings (SSSR count). The van der Waals surface area contributed by atoms with Gasteiger partial charge in [0.05, 0.1) is 6.33 Å². The number of nitrogens with one attached hydrogen (secondary N) is 1. The zero-order valence-electron chi connectivity index (χ0n) is 13.1. The van der Waals surface area contributed by atoms with Gasteiger partial charge in [-0.3, -0.25) is 4.90 Å². The van der Waals surface area contributed by atoms with Crippen molar-refractivity contribution >= 4 is 10.0 Å². The van der Waals surface area contributed by atoms with Crippen molar-refractivity contribution in [3.63, 3.8) is 0 Å². The number of imidazole rings is 1. The average Bonchev–Trinajstić information content (AvgIpc) is 2.86. The van der Waals surface area contributed by atoms with Crippen molar-refractivity contribution in [2.45, 2.75) is 56.6 Å². The van der Waals surface area contributed by atoms with Crippen LogP contribution in [-0.2, 0) is 17.1 Å². The van der Waals surface area contributed by atoms with Crippen LogP contribution in [0.1, 0.15) is 39.5 Å². The third-order valence-corrected chi connectivity index (χ3v) is 5.47. The van der Waals surface area contributed by atoms with Gasteiger partial charge in [-0.1, -0.05) is 13.3 Å². The number of likely N-dealkylation sites (tertiary alicyclic amines) is 1. The van der Waals surface area contributed by atoms with E-state index >= 15 is 0 Å². The van der Waals surface area contributed by atoms with Crippen LogP contribution >= 0.6 is 0 Å². The number of nitrogens with zero attached hydrogens (tertiary/aromatic N) is 3. The molecule has 1 saturated heterocycles. The Bertz CT molecular complexity index is 555. The Morgan fingerprint density at radius 3 is 2.90 bits per heavy atom. The van der Waals surface area contributed by atoms with E-state index in [1.807, 2.05) is 0 Å². The van der Waals surface area contributed by atoms with Gasteiger partial charge < -0.3 is 4.57 Å². The van der Waals surface area contributed by atoms with Crippen LogP contribution in [0.3, 0.4) is 0 Å². The van der Waals surface area contributed by atoms with Crippen molar-refractivity contribution in [1.82, 2.24) is 19.2 Å². The van der Waals surface area contributed by atoms with E-state index in [-0.39, 0.29) is 11.1 Å². The van der Waals surface area contributed by atoms with Gasteiger partial charge in [0.1, 0.15) is 0 Å². The summed E-state index contributed by atoms with van der Waals surface area (Å²) >= 11 is 0. The summed E-state index contributed by atoms with van der Waals surface area (Å²) in [5.41, 5.74) is 0. The highest BCUT2D eigenvalue weighted by atomic mass is 32.2. The van der Waals surface area contributed by atoms with Crippen molar-refractivity contribution in [3.05, 3.63) is 12.5 Å². The van der Waals surface area contributed by atoms with Crippen molar-refractivity contribution in [2.24, 2.45) is 7.05 Å². The summed E-state index contributed by atoms with van der Waals surface area (Å²) in [4.78, 5) is 6.32. The second-order valence-corrected chi connectivity index (χ2v) is 7.63. The molecule has 1 fully saturated rings. The molecule has 2 atom stereocenters. The fraction of sp³-hybridized carbons (Fsp3) is 0.786. The number of hydrogen-bond acceptors (Lipinski definition) is 4. The molecular formula is C14H26N4O2S. The van der Waals surface area contributed by atoms with Gasteiger partial charge in [-0.05, 0) is 32.7 Å². The largest absolute Gasteiger partial charge is 0.339 e. The molecule has 7 heteroatoms. The number of hydrogen-bond donors (Lipinski definition) is 1. The lowest BCUT2D eigenvalue weighted by molar-refractivity contribution is 0.147. The van der Waals surface area contributed by atoms with Crippen LogP contribution in [0.25, 0.3) is 0 Å². The van der Waals surface area contributed by atoms with Gasteiger partial charge in [-0.15, -0.1) is 0 Å². The predicted octanol–water partition coefficient (Wildman–Crippen LogP) is 1.35. The Morgan fingerprint density at radius 2 is 2.29 bits per heavy atom. The molecule has 6 nitrogen and oxygen atoms in total. The molecule has 1 aromatic rings. The summed E-state index contributed by atoms with van der Waals surface area (Å²) in [6, 6.07) is 0.488. The van der Waals surface area contributed by atoms with Gasteiger partial charge >= 0.3 is 0 Å². The zero-order chi connectivity index (χ0) is 15.5. The molecule has 1 N–H and O–H groups in total. The van der Waals surface area contributed by atoms with Crippen LogP contribution in [0, 0.1) is 0 Å². The van der Waals surface area contributed by atoms with E-state index in [0.29, 0.717) is 6.04 Å². The fourth-order valence-electron chi connectivity index (χ4n) is 2.91. The van der Waals surface area contributed by atoms with Crippen LogP contribution in [0.5, 0.6) is 0 Å². The van der Waals surface area contributed by atoms with E-state index < -0.39 is 10.0 Å². The summed E-state index contributed by atoms with van der Waals surface area (Å²) in [6.07, 6.45) is 7.26. The molecule has 0 saturated carbocycles. The zero-order valence-corrected chi connectivity index (χ0v) is 13.9. The molecule has 0 amide bonds. The summed E-state index contributed by atoms with van der Waals surface area (Å²) in [5, 5.41) is 0.101. The van der Waals surface area contributed by atoms with E-state index in [9.17, 15) is 8.42 Å². The van der Waals surface area contributed by atoms with Crippen molar-refractivity contribution < 1.29 is 8.42 Å². The van der Waals surface area contributed by atoms with Crippen LogP contribution in [0.2, 0.25) is 0 Å². The summed E-state index contributed by atoms with van der Waals surface area (Å²) < 4.78 is 29.1. The van der Waals surface area contributed by atoms with Crippen LogP contribution in [0.15, 0.2) is 17.6 Å². The summed E-state index contributed by atoms with van der Waals surface area (Å²) in [7, 11) is -1.74. The Balaban J connectivity index is 1.99. The van der Waals surface area contributed by atoms with Gasteiger partial charge in [0, 0.05) is 31.9 Å². The van der Waals surface area contributed by atoms with E-state index in [0.717, 1.165) is 38.8 Å². The summed E-state index contributed by atoms with van der Waals surface area (Å²) in [5.74, 6) is 0. The molecule has 21 heavy (non-hydrogen) atoms. The topological polar surface area (TPSA) is 67.2 Å². The molecule has 0 aromatic carbocycles. The third-order valence-electron chi connectivity index (χ3n) is 4.06. The van der Waals surface area contributed by atoms with Gasteiger partial charge in [0.25, 0.3) is 10.0 Å². The van der Waals surface area contributed by atoms with Crippen molar-refractivity contribution in [1.29, 1.82) is 0 Å². The molecule has 0 bridgehead atoms. The third kappa shape index (κ3) is 4.28. The molecular weight excluding hydrogens is 288 g/mol. The van der Waals surface area contributed by atoms with Crippen molar-refractivity contribution in [2.75, 3.05) is 13.1 Å². The molecule has 1 aliphatic heterocycles. The van der Waals surface area contributed by atoms with Crippen LogP contribution < -0.4 is 4.72 Å². The first kappa shape index (κ1) is 16.5. The maximum Gasteiger partial charge on any atom is 0.259 e. The minimum atomic E-state index is -3.51. The molecule has 0 radical (unpaired) electrons. The molecule has 2 unspecified atom stereocenters. The van der Waals surface area contributed by atoms with Crippen LogP contribution in [0.4, 0.5) is 0 Å². The lowest BCUT2D eigenvalue weighted by atomic mass is 10.0. The maximum absolute atomic E-state index is 12.3. The quantitative estimate of drug-likeness (QED) is 0.861. The highest BCUT2D eigenvalue weighted by Gasteiger charge is 2.28. The number of aryl methyl sites for hydroxylation is 1. The van der Waals surface area contributed by atoms with E-state index in [4.69, 9.17) is 0 Å². The monoisotopic (exact) mass is 314 g/mol. The van der Waals surface area contributed by atoms with Gasteiger partial charge in [0.2, 0.25) is 0 Å². The maximum atomic E-state index is 12.3. The van der Waals surface area contributed by atoms with Gasteiger partial charge in [-0.25, -0.2) is 18.1 Å². The molecule has 0 spiro atoms. The van der Waals surface area contributed by atoms with E-state index in [1.54, 1.807) is 11.6 Å². The number of sulfonamides is 1. The number of piperidine rings is 1. The molecule has 1 aromatic heterocycles. The van der Waals surface area contributed by atoms with Gasteiger partial charge in [0.15, 0.2) is 5.03 Å². The smallest absolute Gasteiger partial charge is 0.259 e. The van der Waals surface area contributed by atoms with Gasteiger partial charge in [-0.2, -0.15) is 0 Å². The minimum absolute atomic E-state index is 0.0231. The molecule has 120 valence electrons. The standard InChI is InChI=1S/C14H26N4O2S/c1-4-6-12(2)18-8-5-7-13(9-18)16-21(19,20)14-10-17(3)11-15-14/h10-13,16H,4-9H2,1-3H3. The van der Waals surface area contributed by atoms with E-state index in [1.165, 1.54) is 12.5 Å². The lowest BCUT2D eigenvalue weighted by Gasteiger charge is -2.36. The van der Waals surface area contributed by atoms with Crippen LogP contribution in [-0.4, -0.2) is 48.0 Å². The summed E-state index contributed by atoms with van der Waals surface area (Å²) in [6.45, 7) is 6.25. The predicted molar refractivity (Wildman–Crippen MR) is 82.5 cm³/mol. The average molecular weight is 314 g/mol. The second kappa shape index (κ2) is 6.89. The van der Waals surface area contributed by atoms with Crippen molar-refractivity contribution in [3.8, 4) is 0 Å². The Hall–Kier alpha value is -0.920. The minimum Gasteiger partial charge on any atom is -0.339 e. The lowest BCUT2D eigenvalue weighted by Crippen LogP contribution is -2.50. The fourth-order valence-corrected chi connectivity index (χ4v) is 4.15. The molecule has 0 aliphatic carbocycles. The Morgan fingerprint density at radius 1 is 1.52 bits per heavy atom. The Kier molecular flexibility index (Phi) is 5.40. The first-order valence-electron chi connectivity index (χ1n) is 7.66. The SMILES string of the molecule is CCCC(C)N1CCCC(NS(=O)(=O)c2cn(C)cn2)C1. The Labute approximate surface area is 127 Å². The second-order valence-electron chi connectivity index (χ2n) is 5.97. The van der Waals surface area contributed by atoms with E-state index in [2.05, 4.69) is 28.5 Å². The first-order valence-corrected chi connectivity index (χ1v) is 9.15. The highest BCUT2D eigenvalue weighted by molar-refractivity contribution is 7.89. The molecule has 2 heterocycles. The molecule has 1 aliphatic rings. The first-order chi connectivity index (χ1) is 9.92. The number of aromatic nitrogens is 2.